The molecule has 0 spiro atoms. The van der Waals surface area contributed by atoms with E-state index in [4.69, 9.17) is 0 Å². The van der Waals surface area contributed by atoms with Crippen molar-refractivity contribution in [3.63, 3.8) is 0 Å². The fraction of sp³-hybridized carbons (Fsp3) is 0.444. The van der Waals surface area contributed by atoms with Crippen molar-refractivity contribution < 1.29 is 3.96 Å². The maximum atomic E-state index is 3.70. The molecule has 0 atom stereocenters. The van der Waals surface area contributed by atoms with Gasteiger partial charge in [0.25, 0.3) is 0 Å². The van der Waals surface area contributed by atoms with E-state index < -0.39 is 0 Å². The molecule has 1 heterocycles. The van der Waals surface area contributed by atoms with Crippen molar-refractivity contribution in [3.8, 4) is 0 Å². The SMILES string of the molecule is C=C[n+]1cc(C(C)(C)C)cs1. The highest BCUT2D eigenvalue weighted by Gasteiger charge is 2.18. The van der Waals surface area contributed by atoms with Gasteiger partial charge in [-0.3, -0.25) is 0 Å². The van der Waals surface area contributed by atoms with E-state index in [1.54, 1.807) is 11.5 Å². The van der Waals surface area contributed by atoms with E-state index >= 15 is 0 Å². The van der Waals surface area contributed by atoms with Crippen LogP contribution in [0.5, 0.6) is 0 Å². The van der Waals surface area contributed by atoms with Gasteiger partial charge < -0.3 is 0 Å². The zero-order valence-electron chi connectivity index (χ0n) is 7.29. The van der Waals surface area contributed by atoms with E-state index in [9.17, 15) is 0 Å². The Morgan fingerprint density at radius 1 is 1.55 bits per heavy atom. The van der Waals surface area contributed by atoms with E-state index in [-0.39, 0.29) is 5.41 Å². The van der Waals surface area contributed by atoms with E-state index in [0.29, 0.717) is 0 Å². The molecule has 0 saturated heterocycles. The maximum Gasteiger partial charge on any atom is 0.193 e. The van der Waals surface area contributed by atoms with Crippen LogP contribution >= 0.6 is 11.5 Å². The number of aromatic nitrogens is 1. The third-order valence-electron chi connectivity index (χ3n) is 1.61. The molecular weight excluding hydrogens is 154 g/mol. The molecule has 60 valence electrons. The molecule has 0 radical (unpaired) electrons. The quantitative estimate of drug-likeness (QED) is 0.567. The fourth-order valence-corrected chi connectivity index (χ4v) is 1.69. The lowest BCUT2D eigenvalue weighted by Gasteiger charge is -2.12. The Morgan fingerprint density at radius 3 is 2.45 bits per heavy atom. The van der Waals surface area contributed by atoms with Gasteiger partial charge in [0.05, 0.1) is 5.38 Å². The average molecular weight is 168 g/mol. The van der Waals surface area contributed by atoms with Gasteiger partial charge in [-0.2, -0.15) is 0 Å². The molecule has 2 heteroatoms. The summed E-state index contributed by atoms with van der Waals surface area (Å²) in [6.07, 6.45) is 3.94. The van der Waals surface area contributed by atoms with Gasteiger partial charge in [0.2, 0.25) is 0 Å². The van der Waals surface area contributed by atoms with Gasteiger partial charge in [-0.1, -0.05) is 20.8 Å². The molecule has 0 fully saturated rings. The topological polar surface area (TPSA) is 3.88 Å². The molecule has 0 aliphatic heterocycles. The molecule has 0 saturated carbocycles. The lowest BCUT2D eigenvalue weighted by molar-refractivity contribution is -0.490. The Balaban J connectivity index is 2.98. The van der Waals surface area contributed by atoms with Gasteiger partial charge in [0, 0.05) is 5.56 Å². The molecule has 0 bridgehead atoms. The van der Waals surface area contributed by atoms with Crippen LogP contribution in [0.25, 0.3) is 6.20 Å². The van der Waals surface area contributed by atoms with Crippen LogP contribution in [-0.4, -0.2) is 0 Å². The van der Waals surface area contributed by atoms with Crippen LogP contribution in [0.4, 0.5) is 0 Å². The molecule has 11 heavy (non-hydrogen) atoms. The van der Waals surface area contributed by atoms with Crippen LogP contribution in [0.3, 0.4) is 0 Å². The van der Waals surface area contributed by atoms with Crippen LogP contribution in [0.2, 0.25) is 0 Å². The number of hydrogen-bond acceptors (Lipinski definition) is 1. The van der Waals surface area contributed by atoms with Gasteiger partial charge in [-0.25, -0.2) is 0 Å². The third kappa shape index (κ3) is 1.90. The Kier molecular flexibility index (Phi) is 2.14. The first-order valence-corrected chi connectivity index (χ1v) is 4.51. The molecular formula is C9H14NS+. The maximum absolute atomic E-state index is 3.70. The van der Waals surface area contributed by atoms with Crippen molar-refractivity contribution in [2.75, 3.05) is 0 Å². The van der Waals surface area contributed by atoms with Gasteiger partial charge in [-0.05, 0) is 12.0 Å². The van der Waals surface area contributed by atoms with Crippen LogP contribution in [0, 0.1) is 0 Å². The van der Waals surface area contributed by atoms with E-state index in [1.165, 1.54) is 5.56 Å². The normalized spacial score (nSPS) is 11.5. The Hall–Kier alpha value is -0.630. The Morgan fingerprint density at radius 2 is 2.18 bits per heavy atom. The molecule has 0 amide bonds. The Bertz CT molecular complexity index is 255. The Labute approximate surface area is 72.1 Å². The van der Waals surface area contributed by atoms with Crippen molar-refractivity contribution in [2.45, 2.75) is 26.2 Å². The van der Waals surface area contributed by atoms with Gasteiger partial charge in [0.15, 0.2) is 12.4 Å². The van der Waals surface area contributed by atoms with E-state index in [1.807, 2.05) is 10.2 Å². The summed E-state index contributed by atoms with van der Waals surface area (Å²) >= 11 is 1.68. The van der Waals surface area contributed by atoms with Crippen LogP contribution < -0.4 is 3.96 Å². The minimum atomic E-state index is 0.255. The molecule has 1 aromatic rings. The van der Waals surface area contributed by atoms with Crippen molar-refractivity contribution in [3.05, 3.63) is 23.7 Å². The monoisotopic (exact) mass is 168 g/mol. The second-order valence-corrected chi connectivity index (χ2v) is 4.47. The smallest absolute Gasteiger partial charge is 0.110 e. The minimum Gasteiger partial charge on any atom is -0.110 e. The van der Waals surface area contributed by atoms with Crippen LogP contribution in [-0.2, 0) is 5.41 Å². The molecule has 0 aliphatic rings. The molecule has 0 unspecified atom stereocenters. The molecule has 0 aromatic carbocycles. The lowest BCUT2D eigenvalue weighted by atomic mass is 9.90. The van der Waals surface area contributed by atoms with Crippen molar-refractivity contribution in [1.82, 2.24) is 0 Å². The summed E-state index contributed by atoms with van der Waals surface area (Å²) in [7, 11) is 0. The highest BCUT2D eigenvalue weighted by Crippen LogP contribution is 2.21. The van der Waals surface area contributed by atoms with E-state index in [0.717, 1.165) is 0 Å². The van der Waals surface area contributed by atoms with Gasteiger partial charge >= 0.3 is 0 Å². The predicted octanol–water partition coefficient (Wildman–Crippen LogP) is 2.43. The number of hydrogen-bond donors (Lipinski definition) is 0. The molecule has 1 nitrogen and oxygen atoms in total. The van der Waals surface area contributed by atoms with Crippen molar-refractivity contribution in [2.24, 2.45) is 0 Å². The highest BCUT2D eigenvalue weighted by atomic mass is 32.1. The van der Waals surface area contributed by atoms with Gasteiger partial charge in [0.1, 0.15) is 11.5 Å². The van der Waals surface area contributed by atoms with Crippen molar-refractivity contribution in [1.29, 1.82) is 0 Å². The first-order chi connectivity index (χ1) is 5.04. The summed E-state index contributed by atoms with van der Waals surface area (Å²) in [5.74, 6) is 0. The van der Waals surface area contributed by atoms with Crippen molar-refractivity contribution >= 4 is 17.7 Å². The standard InChI is InChI=1S/C9H14NS/c1-5-10-6-8(7-11-10)9(2,3)4/h5-7H,1H2,2-4H3/q+1. The third-order valence-corrected chi connectivity index (χ3v) is 2.47. The molecule has 0 N–H and O–H groups in total. The summed E-state index contributed by atoms with van der Waals surface area (Å²) < 4.78 is 2.01. The zero-order chi connectivity index (χ0) is 8.48. The predicted molar refractivity (Wildman–Crippen MR) is 49.6 cm³/mol. The zero-order valence-corrected chi connectivity index (χ0v) is 8.11. The summed E-state index contributed by atoms with van der Waals surface area (Å²) in [5.41, 5.74) is 1.62. The number of rotatable bonds is 1. The number of nitrogens with zero attached hydrogens (tertiary/aromatic N) is 1. The first-order valence-electron chi connectivity index (χ1n) is 3.67. The van der Waals surface area contributed by atoms with Crippen LogP contribution in [0.1, 0.15) is 26.3 Å². The molecule has 0 aliphatic carbocycles. The fourth-order valence-electron chi connectivity index (χ4n) is 0.782. The second-order valence-electron chi connectivity index (χ2n) is 3.60. The molecule has 1 aromatic heterocycles. The van der Waals surface area contributed by atoms with Gasteiger partial charge in [-0.15, -0.1) is 3.96 Å². The summed E-state index contributed by atoms with van der Waals surface area (Å²) in [5, 5.41) is 2.17. The second kappa shape index (κ2) is 2.78. The summed E-state index contributed by atoms with van der Waals surface area (Å²) in [4.78, 5) is 0. The molecule has 1 rings (SSSR count). The van der Waals surface area contributed by atoms with E-state index in [2.05, 4.69) is 38.9 Å². The first kappa shape index (κ1) is 8.47. The minimum absolute atomic E-state index is 0.255. The lowest BCUT2D eigenvalue weighted by Crippen LogP contribution is -2.19. The largest absolute Gasteiger partial charge is 0.193 e. The highest BCUT2D eigenvalue weighted by molar-refractivity contribution is 6.99. The summed E-state index contributed by atoms with van der Waals surface area (Å²) in [6, 6.07) is 0. The van der Waals surface area contributed by atoms with Crippen LogP contribution in [0.15, 0.2) is 18.2 Å². The summed E-state index contributed by atoms with van der Waals surface area (Å²) in [6.45, 7) is 10.3. The average Bonchev–Trinajstić information content (AvgIpc) is 2.32.